The number of hydrogen-bond donors (Lipinski definition) is 1. The lowest BCUT2D eigenvalue weighted by molar-refractivity contribution is -0.137. The molecule has 1 aromatic heterocycles. The minimum absolute atomic E-state index is 0.249. The highest BCUT2D eigenvalue weighted by atomic mass is 19.4. The van der Waals surface area contributed by atoms with E-state index in [1.54, 1.807) is 0 Å². The van der Waals surface area contributed by atoms with Crippen molar-refractivity contribution in [1.82, 2.24) is 9.97 Å². The summed E-state index contributed by atoms with van der Waals surface area (Å²) in [7, 11) is 0. The summed E-state index contributed by atoms with van der Waals surface area (Å²) in [5.41, 5.74) is -2.41. The topological polar surface area (TPSA) is 45.8 Å². The number of alkyl halides is 3. The predicted octanol–water partition coefficient (Wildman–Crippen LogP) is 2.59. The molecule has 0 radical (unpaired) electrons. The molecule has 0 saturated carbocycles. The quantitative estimate of drug-likeness (QED) is 0.799. The van der Waals surface area contributed by atoms with Crippen molar-refractivity contribution in [3.05, 3.63) is 52.5 Å². The Morgan fingerprint density at radius 1 is 1.17 bits per heavy atom. The van der Waals surface area contributed by atoms with Crippen LogP contribution in [0, 0.1) is 5.82 Å². The lowest BCUT2D eigenvalue weighted by Gasteiger charge is -2.09. The predicted molar refractivity (Wildman–Crippen MR) is 55.3 cm³/mol. The summed E-state index contributed by atoms with van der Waals surface area (Å²) in [6.45, 7) is 0. The first-order valence-corrected chi connectivity index (χ1v) is 4.79. The molecular formula is C11H6F4N2O. The number of hydrogen-bond acceptors (Lipinski definition) is 2. The molecule has 0 unspecified atom stereocenters. The fourth-order valence-corrected chi connectivity index (χ4v) is 1.44. The van der Waals surface area contributed by atoms with Crippen molar-refractivity contribution in [3.8, 4) is 11.1 Å². The Morgan fingerprint density at radius 3 is 2.50 bits per heavy atom. The van der Waals surface area contributed by atoms with Crippen LogP contribution in [0.25, 0.3) is 11.1 Å². The molecule has 0 saturated heterocycles. The molecule has 3 nitrogen and oxygen atoms in total. The van der Waals surface area contributed by atoms with Gasteiger partial charge in [-0.25, -0.2) is 9.37 Å². The van der Waals surface area contributed by atoms with Crippen molar-refractivity contribution in [2.45, 2.75) is 6.18 Å². The van der Waals surface area contributed by atoms with Gasteiger partial charge in [0.15, 0.2) is 0 Å². The molecule has 0 aliphatic rings. The van der Waals surface area contributed by atoms with E-state index in [0.29, 0.717) is 18.2 Å². The van der Waals surface area contributed by atoms with Gasteiger partial charge >= 0.3 is 6.18 Å². The van der Waals surface area contributed by atoms with Gasteiger partial charge in [-0.05, 0) is 18.2 Å². The Labute approximate surface area is 98.1 Å². The lowest BCUT2D eigenvalue weighted by atomic mass is 10.0. The minimum Gasteiger partial charge on any atom is -0.313 e. The smallest absolute Gasteiger partial charge is 0.313 e. The van der Waals surface area contributed by atoms with Crippen LogP contribution in [0.3, 0.4) is 0 Å². The van der Waals surface area contributed by atoms with Gasteiger partial charge in [0.2, 0.25) is 0 Å². The Morgan fingerprint density at radius 2 is 1.89 bits per heavy atom. The van der Waals surface area contributed by atoms with Crippen molar-refractivity contribution in [2.24, 2.45) is 0 Å². The summed E-state index contributed by atoms with van der Waals surface area (Å²) in [5, 5.41) is 0. The van der Waals surface area contributed by atoms with Crippen molar-refractivity contribution in [3.63, 3.8) is 0 Å². The molecule has 7 heteroatoms. The Bertz CT molecular complexity index is 633. The highest BCUT2D eigenvalue weighted by Gasteiger charge is 2.31. The maximum atomic E-state index is 13.5. The molecule has 1 heterocycles. The van der Waals surface area contributed by atoms with Crippen molar-refractivity contribution >= 4 is 0 Å². The second-order valence-corrected chi connectivity index (χ2v) is 3.49. The molecule has 0 fully saturated rings. The summed E-state index contributed by atoms with van der Waals surface area (Å²) in [6.07, 6.45) is -2.52. The standard InChI is InChI=1S/C11H6F4N2O/c12-9-2-1-6(11(13,14)15)3-7(9)8-4-16-5-17-10(8)18/h1-5H,(H,16,17,18). The summed E-state index contributed by atoms with van der Waals surface area (Å²) < 4.78 is 51.0. The molecule has 0 atom stereocenters. The van der Waals surface area contributed by atoms with E-state index in [2.05, 4.69) is 9.97 Å². The number of benzene rings is 1. The van der Waals surface area contributed by atoms with Crippen molar-refractivity contribution < 1.29 is 17.6 Å². The van der Waals surface area contributed by atoms with Gasteiger partial charge < -0.3 is 4.98 Å². The van der Waals surface area contributed by atoms with Gasteiger partial charge in [-0.3, -0.25) is 4.79 Å². The summed E-state index contributed by atoms with van der Waals surface area (Å²) in [6, 6.07) is 1.87. The van der Waals surface area contributed by atoms with E-state index in [9.17, 15) is 22.4 Å². The Hall–Kier alpha value is -2.18. The van der Waals surface area contributed by atoms with Gasteiger partial charge in [0.05, 0.1) is 17.5 Å². The van der Waals surface area contributed by atoms with E-state index in [1.165, 1.54) is 0 Å². The number of nitrogens with zero attached hydrogens (tertiary/aromatic N) is 1. The first-order chi connectivity index (χ1) is 8.39. The molecule has 1 N–H and O–H groups in total. The highest BCUT2D eigenvalue weighted by molar-refractivity contribution is 5.63. The van der Waals surface area contributed by atoms with Crippen LogP contribution in [0.15, 0.2) is 35.5 Å². The van der Waals surface area contributed by atoms with E-state index in [1.807, 2.05) is 0 Å². The first-order valence-electron chi connectivity index (χ1n) is 4.79. The summed E-state index contributed by atoms with van der Waals surface area (Å²) >= 11 is 0. The van der Waals surface area contributed by atoms with E-state index >= 15 is 0 Å². The molecule has 0 aliphatic heterocycles. The maximum absolute atomic E-state index is 13.5. The average Bonchev–Trinajstić information content (AvgIpc) is 2.29. The second-order valence-electron chi connectivity index (χ2n) is 3.49. The van der Waals surface area contributed by atoms with Gasteiger partial charge in [0.1, 0.15) is 5.82 Å². The second kappa shape index (κ2) is 4.25. The molecule has 0 spiro atoms. The molecule has 0 amide bonds. The summed E-state index contributed by atoms with van der Waals surface area (Å²) in [4.78, 5) is 17.1. The molecule has 2 rings (SSSR count). The number of aromatic amines is 1. The lowest BCUT2D eigenvalue weighted by Crippen LogP contribution is -2.11. The molecular weight excluding hydrogens is 252 g/mol. The number of nitrogens with one attached hydrogen (secondary N) is 1. The van der Waals surface area contributed by atoms with Crippen molar-refractivity contribution in [1.29, 1.82) is 0 Å². The van der Waals surface area contributed by atoms with E-state index in [-0.39, 0.29) is 5.56 Å². The minimum atomic E-state index is -4.60. The van der Waals surface area contributed by atoms with Crippen LogP contribution in [-0.2, 0) is 6.18 Å². The van der Waals surface area contributed by atoms with Crippen LogP contribution < -0.4 is 5.56 Å². The number of aromatic nitrogens is 2. The molecule has 0 bridgehead atoms. The summed E-state index contributed by atoms with van der Waals surface area (Å²) in [5.74, 6) is -0.915. The fraction of sp³-hybridized carbons (Fsp3) is 0.0909. The normalized spacial score (nSPS) is 11.6. The van der Waals surface area contributed by atoms with Gasteiger partial charge in [0.25, 0.3) is 5.56 Å². The SMILES string of the molecule is O=c1[nH]cncc1-c1cc(C(F)(F)F)ccc1F. The van der Waals surface area contributed by atoms with Gasteiger partial charge in [-0.15, -0.1) is 0 Å². The monoisotopic (exact) mass is 258 g/mol. The van der Waals surface area contributed by atoms with Crippen LogP contribution in [0.5, 0.6) is 0 Å². The van der Waals surface area contributed by atoms with Crippen LogP contribution in [-0.4, -0.2) is 9.97 Å². The molecule has 18 heavy (non-hydrogen) atoms. The van der Waals surface area contributed by atoms with Crippen LogP contribution in [0.2, 0.25) is 0 Å². The van der Waals surface area contributed by atoms with E-state index in [4.69, 9.17) is 0 Å². The third-order valence-corrected chi connectivity index (χ3v) is 2.30. The van der Waals surface area contributed by atoms with Crippen LogP contribution in [0.4, 0.5) is 17.6 Å². The van der Waals surface area contributed by atoms with Gasteiger partial charge in [0, 0.05) is 11.8 Å². The third kappa shape index (κ3) is 2.24. The first kappa shape index (κ1) is 12.3. The molecule has 2 aromatic rings. The number of halogens is 4. The van der Waals surface area contributed by atoms with Crippen LogP contribution >= 0.6 is 0 Å². The maximum Gasteiger partial charge on any atom is 0.416 e. The fourth-order valence-electron chi connectivity index (χ4n) is 1.44. The van der Waals surface area contributed by atoms with E-state index in [0.717, 1.165) is 12.5 Å². The average molecular weight is 258 g/mol. The Balaban J connectivity index is 2.65. The van der Waals surface area contributed by atoms with Gasteiger partial charge in [-0.1, -0.05) is 0 Å². The molecule has 1 aromatic carbocycles. The van der Waals surface area contributed by atoms with Crippen molar-refractivity contribution in [2.75, 3.05) is 0 Å². The number of H-pyrrole nitrogens is 1. The number of rotatable bonds is 1. The van der Waals surface area contributed by atoms with Crippen LogP contribution in [0.1, 0.15) is 5.56 Å². The zero-order chi connectivity index (χ0) is 13.3. The molecule has 94 valence electrons. The third-order valence-electron chi connectivity index (χ3n) is 2.30. The van der Waals surface area contributed by atoms with Gasteiger partial charge in [-0.2, -0.15) is 13.2 Å². The zero-order valence-electron chi connectivity index (χ0n) is 8.75. The zero-order valence-corrected chi connectivity index (χ0v) is 8.75. The Kier molecular flexibility index (Phi) is 2.90. The molecule has 0 aliphatic carbocycles. The van der Waals surface area contributed by atoms with E-state index < -0.39 is 28.7 Å². The largest absolute Gasteiger partial charge is 0.416 e. The highest BCUT2D eigenvalue weighted by Crippen LogP contribution is 2.32.